The molecule has 0 saturated carbocycles. The normalized spacial score (nSPS) is 20.5. The summed E-state index contributed by atoms with van der Waals surface area (Å²) in [5.41, 5.74) is 0.872. The second-order valence-electron chi connectivity index (χ2n) is 3.53. The number of aliphatic hydroxyl groups is 1. The third-order valence-electron chi connectivity index (χ3n) is 2.36. The fourth-order valence-electron chi connectivity index (χ4n) is 1.52. The van der Waals surface area contributed by atoms with E-state index in [2.05, 4.69) is 15.9 Å². The third-order valence-corrected chi connectivity index (χ3v) is 2.98. The molecule has 1 atom stereocenters. The summed E-state index contributed by atoms with van der Waals surface area (Å²) in [7, 11) is 0. The zero-order chi connectivity index (χ0) is 10.7. The molecule has 0 aliphatic carbocycles. The van der Waals surface area contributed by atoms with Crippen LogP contribution in [0.2, 0.25) is 0 Å². The van der Waals surface area contributed by atoms with Crippen LogP contribution in [0.4, 0.5) is 0 Å². The minimum Gasteiger partial charge on any atom is -0.487 e. The van der Waals surface area contributed by atoms with Crippen LogP contribution in [-0.4, -0.2) is 24.4 Å². The van der Waals surface area contributed by atoms with E-state index in [0.29, 0.717) is 6.61 Å². The molecule has 1 heterocycles. The molecule has 2 rings (SSSR count). The zero-order valence-electron chi connectivity index (χ0n) is 8.28. The molecule has 1 aromatic carbocycles. The van der Waals surface area contributed by atoms with Gasteiger partial charge in [0.2, 0.25) is 0 Å². The fourth-order valence-corrected chi connectivity index (χ4v) is 2.04. The van der Waals surface area contributed by atoms with Crippen molar-refractivity contribution in [2.24, 2.45) is 0 Å². The van der Waals surface area contributed by atoms with Crippen LogP contribution in [0, 0.1) is 0 Å². The van der Waals surface area contributed by atoms with Gasteiger partial charge in [0.25, 0.3) is 0 Å². The number of ether oxygens (including phenoxy) is 2. The van der Waals surface area contributed by atoms with Gasteiger partial charge in [-0.25, -0.2) is 0 Å². The summed E-state index contributed by atoms with van der Waals surface area (Å²) >= 11 is 3.42. The summed E-state index contributed by atoms with van der Waals surface area (Å²) in [6.45, 7) is 1.48. The second kappa shape index (κ2) is 4.96. The molecular weight excluding hydrogens is 260 g/mol. The smallest absolute Gasteiger partial charge is 0.134 e. The summed E-state index contributed by atoms with van der Waals surface area (Å²) in [5.74, 6) is 0.808. The Bertz CT molecular complexity index is 335. The fraction of sp³-hybridized carbons (Fsp3) is 0.455. The van der Waals surface area contributed by atoms with Crippen molar-refractivity contribution < 1.29 is 14.6 Å². The predicted octanol–water partition coefficient (Wildman–Crippen LogP) is 2.11. The van der Waals surface area contributed by atoms with E-state index in [-0.39, 0.29) is 12.7 Å². The summed E-state index contributed by atoms with van der Waals surface area (Å²) < 4.78 is 11.9. The van der Waals surface area contributed by atoms with E-state index < -0.39 is 0 Å². The van der Waals surface area contributed by atoms with E-state index in [1.165, 1.54) is 0 Å². The highest BCUT2D eigenvalue weighted by molar-refractivity contribution is 9.10. The maximum atomic E-state index is 8.96. The molecule has 0 radical (unpaired) electrons. The van der Waals surface area contributed by atoms with Gasteiger partial charge in [-0.05, 0) is 33.6 Å². The van der Waals surface area contributed by atoms with Crippen molar-refractivity contribution in [2.75, 3.05) is 13.2 Å². The molecule has 1 aromatic rings. The van der Waals surface area contributed by atoms with Crippen molar-refractivity contribution in [3.8, 4) is 5.75 Å². The Balaban J connectivity index is 2.07. The van der Waals surface area contributed by atoms with E-state index >= 15 is 0 Å². The molecule has 1 aliphatic heterocycles. The van der Waals surface area contributed by atoms with Crippen LogP contribution in [0.25, 0.3) is 0 Å². The Labute approximate surface area is 97.1 Å². The van der Waals surface area contributed by atoms with Crippen LogP contribution in [0.5, 0.6) is 5.75 Å². The zero-order valence-corrected chi connectivity index (χ0v) is 9.87. The van der Waals surface area contributed by atoms with Gasteiger partial charge in [0.05, 0.1) is 24.3 Å². The largest absolute Gasteiger partial charge is 0.487 e. The maximum Gasteiger partial charge on any atom is 0.134 e. The van der Waals surface area contributed by atoms with Crippen LogP contribution in [0.15, 0.2) is 22.7 Å². The monoisotopic (exact) mass is 272 g/mol. The van der Waals surface area contributed by atoms with Crippen LogP contribution < -0.4 is 4.74 Å². The molecule has 0 spiro atoms. The molecule has 4 heteroatoms. The Morgan fingerprint density at radius 2 is 2.40 bits per heavy atom. The molecule has 82 valence electrons. The molecule has 15 heavy (non-hydrogen) atoms. The Kier molecular flexibility index (Phi) is 3.61. The van der Waals surface area contributed by atoms with Gasteiger partial charge in [0, 0.05) is 6.42 Å². The summed E-state index contributed by atoms with van der Waals surface area (Å²) in [5, 5.41) is 8.96. The van der Waals surface area contributed by atoms with E-state index in [1.54, 1.807) is 0 Å². The highest BCUT2D eigenvalue weighted by Gasteiger charge is 2.18. The van der Waals surface area contributed by atoms with Crippen LogP contribution in [0.1, 0.15) is 12.0 Å². The maximum absolute atomic E-state index is 8.96. The average Bonchev–Trinajstić information content (AvgIpc) is 2.74. The first-order valence-corrected chi connectivity index (χ1v) is 5.72. The highest BCUT2D eigenvalue weighted by atomic mass is 79.9. The molecule has 1 unspecified atom stereocenters. The predicted molar refractivity (Wildman–Crippen MR) is 59.9 cm³/mol. The molecule has 0 bridgehead atoms. The lowest BCUT2D eigenvalue weighted by Crippen LogP contribution is -2.15. The summed E-state index contributed by atoms with van der Waals surface area (Å²) in [6, 6.07) is 5.59. The van der Waals surface area contributed by atoms with Crippen LogP contribution in [0.3, 0.4) is 0 Å². The van der Waals surface area contributed by atoms with E-state index in [0.717, 1.165) is 28.8 Å². The van der Waals surface area contributed by atoms with Gasteiger partial charge in [-0.15, -0.1) is 0 Å². The number of hydrogen-bond donors (Lipinski definition) is 1. The van der Waals surface area contributed by atoms with Crippen LogP contribution >= 0.6 is 15.9 Å². The lowest BCUT2D eigenvalue weighted by Gasteiger charge is -2.13. The van der Waals surface area contributed by atoms with Crippen molar-refractivity contribution in [3.05, 3.63) is 28.2 Å². The lowest BCUT2D eigenvalue weighted by molar-refractivity contribution is 0.141. The van der Waals surface area contributed by atoms with Gasteiger partial charge in [0.15, 0.2) is 0 Å². The molecule has 1 saturated heterocycles. The first-order valence-electron chi connectivity index (χ1n) is 4.93. The Morgan fingerprint density at radius 1 is 1.53 bits per heavy atom. The minimum absolute atomic E-state index is 0.0470. The lowest BCUT2D eigenvalue weighted by atomic mass is 10.2. The molecule has 1 fully saturated rings. The van der Waals surface area contributed by atoms with Crippen molar-refractivity contribution in [1.29, 1.82) is 0 Å². The highest BCUT2D eigenvalue weighted by Crippen LogP contribution is 2.28. The van der Waals surface area contributed by atoms with E-state index in [1.807, 2.05) is 18.2 Å². The van der Waals surface area contributed by atoms with Gasteiger partial charge >= 0.3 is 0 Å². The minimum atomic E-state index is 0.0470. The molecular formula is C11H13BrO3. The Hall–Kier alpha value is -0.580. The SMILES string of the molecule is OCc1ccc(OC2CCOC2)c(Br)c1. The van der Waals surface area contributed by atoms with Gasteiger partial charge < -0.3 is 14.6 Å². The number of rotatable bonds is 3. The standard InChI is InChI=1S/C11H13BrO3/c12-10-5-8(6-13)1-2-11(10)15-9-3-4-14-7-9/h1-2,5,9,13H,3-4,6-7H2. The van der Waals surface area contributed by atoms with E-state index in [4.69, 9.17) is 14.6 Å². The third kappa shape index (κ3) is 2.71. The number of hydrogen-bond acceptors (Lipinski definition) is 3. The molecule has 1 N–H and O–H groups in total. The molecule has 0 amide bonds. The van der Waals surface area contributed by atoms with Gasteiger partial charge in [-0.3, -0.25) is 0 Å². The summed E-state index contributed by atoms with van der Waals surface area (Å²) in [4.78, 5) is 0. The molecule has 0 aromatic heterocycles. The topological polar surface area (TPSA) is 38.7 Å². The summed E-state index contributed by atoms with van der Waals surface area (Å²) in [6.07, 6.45) is 1.09. The molecule has 3 nitrogen and oxygen atoms in total. The van der Waals surface area contributed by atoms with Crippen molar-refractivity contribution in [1.82, 2.24) is 0 Å². The van der Waals surface area contributed by atoms with Crippen molar-refractivity contribution in [2.45, 2.75) is 19.1 Å². The first-order chi connectivity index (χ1) is 7.29. The van der Waals surface area contributed by atoms with Crippen molar-refractivity contribution in [3.63, 3.8) is 0 Å². The van der Waals surface area contributed by atoms with Gasteiger partial charge in [0.1, 0.15) is 11.9 Å². The number of benzene rings is 1. The second-order valence-corrected chi connectivity index (χ2v) is 4.38. The first kappa shape index (κ1) is 10.9. The van der Waals surface area contributed by atoms with Crippen LogP contribution in [-0.2, 0) is 11.3 Å². The van der Waals surface area contributed by atoms with Gasteiger partial charge in [-0.2, -0.15) is 0 Å². The average molecular weight is 273 g/mol. The quantitative estimate of drug-likeness (QED) is 0.916. The molecule has 1 aliphatic rings. The Morgan fingerprint density at radius 3 is 3.00 bits per heavy atom. The number of aliphatic hydroxyl groups excluding tert-OH is 1. The number of halogens is 1. The van der Waals surface area contributed by atoms with Crippen molar-refractivity contribution >= 4 is 15.9 Å². The van der Waals surface area contributed by atoms with Gasteiger partial charge in [-0.1, -0.05) is 6.07 Å². The van der Waals surface area contributed by atoms with E-state index in [9.17, 15) is 0 Å².